The molecule has 0 fully saturated rings. The zero-order chi connectivity index (χ0) is 19.2. The molecule has 0 spiro atoms. The van der Waals surface area contributed by atoms with Crippen molar-refractivity contribution in [2.24, 2.45) is 0 Å². The Hall–Kier alpha value is -3.74. The molecule has 0 radical (unpaired) electrons. The second-order valence-electron chi connectivity index (χ2n) is 5.88. The second kappa shape index (κ2) is 8.09. The predicted octanol–water partition coefficient (Wildman–Crippen LogP) is 3.42. The molecular weight excluding hydrogens is 344 g/mol. The molecule has 1 heterocycles. The maximum atomic E-state index is 12.1. The lowest BCUT2D eigenvalue weighted by Gasteiger charge is -2.12. The van der Waals surface area contributed by atoms with Crippen LogP contribution in [0.3, 0.4) is 0 Å². The van der Waals surface area contributed by atoms with Gasteiger partial charge < -0.3 is 9.88 Å². The van der Waals surface area contributed by atoms with Crippen LogP contribution in [0.5, 0.6) is 0 Å². The Morgan fingerprint density at radius 3 is 2.81 bits per heavy atom. The first-order chi connectivity index (χ1) is 13.0. The molecule has 0 unspecified atom stereocenters. The minimum absolute atomic E-state index is 0.0119. The predicted molar refractivity (Wildman–Crippen MR) is 102 cm³/mol. The number of nitro groups is 1. The number of aryl methyl sites for hydroxylation is 1. The van der Waals surface area contributed by atoms with E-state index in [4.69, 9.17) is 0 Å². The highest BCUT2D eigenvalue weighted by Crippen LogP contribution is 2.16. The quantitative estimate of drug-likeness (QED) is 0.413. The summed E-state index contributed by atoms with van der Waals surface area (Å²) in [5.41, 5.74) is 2.49. The highest BCUT2D eigenvalue weighted by Gasteiger charge is 2.07. The van der Waals surface area contributed by atoms with Gasteiger partial charge in [-0.05, 0) is 30.2 Å². The molecule has 1 amide bonds. The number of aromatic nitrogens is 2. The number of carbonyl (C=O) groups excluding carboxylic acids is 1. The smallest absolute Gasteiger partial charge is 0.270 e. The Labute approximate surface area is 156 Å². The molecule has 0 aliphatic carbocycles. The Morgan fingerprint density at radius 1 is 1.26 bits per heavy atom. The van der Waals surface area contributed by atoms with E-state index in [0.717, 1.165) is 17.1 Å². The number of imidazole rings is 1. The van der Waals surface area contributed by atoms with E-state index < -0.39 is 4.92 Å². The molecule has 1 aromatic heterocycles. The highest BCUT2D eigenvalue weighted by atomic mass is 16.6. The Kier molecular flexibility index (Phi) is 5.41. The summed E-state index contributed by atoms with van der Waals surface area (Å²) in [6.07, 6.45) is 6.52. The average Bonchev–Trinajstić information content (AvgIpc) is 3.11. The molecule has 27 heavy (non-hydrogen) atoms. The number of hydrogen-bond donors (Lipinski definition) is 1. The topological polar surface area (TPSA) is 90.1 Å². The summed E-state index contributed by atoms with van der Waals surface area (Å²) in [6, 6.07) is 13.9. The van der Waals surface area contributed by atoms with E-state index in [2.05, 4.69) is 10.3 Å². The van der Waals surface area contributed by atoms with Crippen molar-refractivity contribution in [3.05, 3.63) is 94.1 Å². The summed E-state index contributed by atoms with van der Waals surface area (Å²) < 4.78 is 1.96. The lowest BCUT2D eigenvalue weighted by atomic mass is 10.1. The van der Waals surface area contributed by atoms with Crippen molar-refractivity contribution < 1.29 is 9.72 Å². The van der Waals surface area contributed by atoms with Gasteiger partial charge in [-0.3, -0.25) is 14.9 Å². The third-order valence-corrected chi connectivity index (χ3v) is 4.04. The maximum absolute atomic E-state index is 12.1. The van der Waals surface area contributed by atoms with Gasteiger partial charge in [0.1, 0.15) is 5.82 Å². The third-order valence-electron chi connectivity index (χ3n) is 4.04. The van der Waals surface area contributed by atoms with Crippen LogP contribution in [0.1, 0.15) is 17.0 Å². The van der Waals surface area contributed by atoms with Crippen LogP contribution in [0, 0.1) is 17.0 Å². The third kappa shape index (κ3) is 4.46. The Morgan fingerprint density at radius 2 is 2.07 bits per heavy atom. The first-order valence-corrected chi connectivity index (χ1v) is 8.33. The molecule has 0 bridgehead atoms. The van der Waals surface area contributed by atoms with Crippen molar-refractivity contribution in [2.75, 3.05) is 0 Å². The van der Waals surface area contributed by atoms with Crippen molar-refractivity contribution >= 4 is 17.7 Å². The van der Waals surface area contributed by atoms with Gasteiger partial charge in [0.25, 0.3) is 5.69 Å². The minimum atomic E-state index is -0.466. The van der Waals surface area contributed by atoms with Gasteiger partial charge in [-0.2, -0.15) is 0 Å². The van der Waals surface area contributed by atoms with Crippen molar-refractivity contribution in [1.82, 2.24) is 14.9 Å². The van der Waals surface area contributed by atoms with Crippen LogP contribution < -0.4 is 5.32 Å². The summed E-state index contributed by atoms with van der Waals surface area (Å²) in [5, 5.41) is 13.6. The number of non-ortho nitro benzene ring substituents is 1. The van der Waals surface area contributed by atoms with E-state index in [9.17, 15) is 14.9 Å². The van der Waals surface area contributed by atoms with Crippen molar-refractivity contribution in [2.45, 2.75) is 13.5 Å². The molecule has 3 aromatic rings. The van der Waals surface area contributed by atoms with E-state index >= 15 is 0 Å². The van der Waals surface area contributed by atoms with Gasteiger partial charge >= 0.3 is 0 Å². The molecule has 0 aliphatic rings. The number of benzene rings is 2. The molecule has 136 valence electrons. The molecule has 0 atom stereocenters. The highest BCUT2D eigenvalue weighted by molar-refractivity contribution is 5.91. The molecule has 0 aliphatic heterocycles. The number of rotatable bonds is 6. The number of nitro benzene ring substituents is 1. The Bertz CT molecular complexity index is 1010. The zero-order valence-electron chi connectivity index (χ0n) is 14.7. The van der Waals surface area contributed by atoms with Crippen molar-refractivity contribution in [3.8, 4) is 5.69 Å². The molecule has 7 nitrogen and oxygen atoms in total. The van der Waals surface area contributed by atoms with Gasteiger partial charge in [0.2, 0.25) is 5.91 Å². The van der Waals surface area contributed by atoms with E-state index in [-0.39, 0.29) is 11.6 Å². The van der Waals surface area contributed by atoms with E-state index in [1.165, 1.54) is 18.2 Å². The van der Waals surface area contributed by atoms with E-state index in [1.807, 2.05) is 42.0 Å². The normalized spacial score (nSPS) is 10.9. The number of nitrogens with one attached hydrogen (secondary N) is 1. The molecule has 1 N–H and O–H groups in total. The SMILES string of the molecule is Cc1nccn1-c1ccccc1CNC(=O)/C=C/c1cccc([N+](=O)[O-])c1. The lowest BCUT2D eigenvalue weighted by molar-refractivity contribution is -0.384. The van der Waals surface area contributed by atoms with Gasteiger partial charge in [-0.15, -0.1) is 0 Å². The first kappa shape index (κ1) is 18.1. The summed E-state index contributed by atoms with van der Waals surface area (Å²) in [5.74, 6) is 0.581. The van der Waals surface area contributed by atoms with Crippen LogP contribution in [-0.2, 0) is 11.3 Å². The van der Waals surface area contributed by atoms with E-state index in [0.29, 0.717) is 12.1 Å². The molecule has 0 saturated heterocycles. The molecular formula is C20H18N4O3. The number of carbonyl (C=O) groups is 1. The summed E-state index contributed by atoms with van der Waals surface area (Å²) >= 11 is 0. The standard InChI is InChI=1S/C20H18N4O3/c1-15-21-11-12-23(15)19-8-3-2-6-17(19)14-22-20(25)10-9-16-5-4-7-18(13-16)24(26)27/h2-13H,14H2,1H3,(H,22,25)/b10-9+. The fourth-order valence-corrected chi connectivity index (χ4v) is 2.68. The molecule has 2 aromatic carbocycles. The van der Waals surface area contributed by atoms with Gasteiger partial charge in [0, 0.05) is 37.1 Å². The van der Waals surface area contributed by atoms with Crippen LogP contribution in [0.4, 0.5) is 5.69 Å². The van der Waals surface area contributed by atoms with Crippen LogP contribution in [-0.4, -0.2) is 20.4 Å². The van der Waals surface area contributed by atoms with Crippen molar-refractivity contribution in [3.63, 3.8) is 0 Å². The molecule has 3 rings (SSSR count). The summed E-state index contributed by atoms with van der Waals surface area (Å²) in [6.45, 7) is 2.27. The van der Waals surface area contributed by atoms with Crippen LogP contribution in [0.2, 0.25) is 0 Å². The largest absolute Gasteiger partial charge is 0.348 e. The lowest BCUT2D eigenvalue weighted by Crippen LogP contribution is -2.21. The van der Waals surface area contributed by atoms with Gasteiger partial charge in [0.05, 0.1) is 10.6 Å². The minimum Gasteiger partial charge on any atom is -0.348 e. The maximum Gasteiger partial charge on any atom is 0.270 e. The molecule has 7 heteroatoms. The summed E-state index contributed by atoms with van der Waals surface area (Å²) in [7, 11) is 0. The number of hydrogen-bond acceptors (Lipinski definition) is 4. The zero-order valence-corrected chi connectivity index (χ0v) is 14.7. The van der Waals surface area contributed by atoms with Crippen LogP contribution in [0.15, 0.2) is 67.0 Å². The number of para-hydroxylation sites is 1. The number of nitrogens with zero attached hydrogens (tertiary/aromatic N) is 3. The van der Waals surface area contributed by atoms with Crippen LogP contribution in [0.25, 0.3) is 11.8 Å². The van der Waals surface area contributed by atoms with Gasteiger partial charge in [0.15, 0.2) is 0 Å². The number of amides is 1. The second-order valence-corrected chi connectivity index (χ2v) is 5.88. The Balaban J connectivity index is 1.68. The first-order valence-electron chi connectivity index (χ1n) is 8.33. The monoisotopic (exact) mass is 362 g/mol. The van der Waals surface area contributed by atoms with Gasteiger partial charge in [-0.25, -0.2) is 4.98 Å². The van der Waals surface area contributed by atoms with Crippen LogP contribution >= 0.6 is 0 Å². The fraction of sp³-hybridized carbons (Fsp3) is 0.100. The summed E-state index contributed by atoms with van der Waals surface area (Å²) in [4.78, 5) is 26.7. The van der Waals surface area contributed by atoms with Crippen molar-refractivity contribution in [1.29, 1.82) is 0 Å². The fourth-order valence-electron chi connectivity index (χ4n) is 2.68. The molecule has 0 saturated carbocycles. The van der Waals surface area contributed by atoms with E-state index in [1.54, 1.807) is 24.4 Å². The average molecular weight is 362 g/mol. The van der Waals surface area contributed by atoms with Gasteiger partial charge in [-0.1, -0.05) is 30.3 Å².